The van der Waals surface area contributed by atoms with Crippen molar-refractivity contribution in [2.24, 2.45) is 10.9 Å². The van der Waals surface area contributed by atoms with Gasteiger partial charge in [-0.15, -0.1) is 0 Å². The van der Waals surface area contributed by atoms with Gasteiger partial charge in [0.2, 0.25) is 0 Å². The average Bonchev–Trinajstić information content (AvgIpc) is 2.20. The zero-order valence-corrected chi connectivity index (χ0v) is 9.94. The maximum atomic E-state index is 12.4. The number of nitrogens with two attached hydrogens (primary N) is 1. The SMILES string of the molecule is NN=C(C(=O)O)c1c(Cl)cc(C(F)(F)F)cc1Cl. The molecular weight excluding hydrogens is 296 g/mol. The van der Waals surface area contributed by atoms with E-state index in [0.717, 1.165) is 0 Å². The molecule has 0 aliphatic heterocycles. The molecule has 0 bridgehead atoms. The molecule has 0 saturated carbocycles. The van der Waals surface area contributed by atoms with Gasteiger partial charge in [-0.05, 0) is 12.1 Å². The van der Waals surface area contributed by atoms with E-state index in [1.807, 2.05) is 0 Å². The van der Waals surface area contributed by atoms with Gasteiger partial charge in [0.1, 0.15) is 0 Å². The number of hydrazone groups is 1. The fourth-order valence-electron chi connectivity index (χ4n) is 1.19. The topological polar surface area (TPSA) is 75.7 Å². The fourth-order valence-corrected chi connectivity index (χ4v) is 1.86. The largest absolute Gasteiger partial charge is 0.476 e. The number of benzene rings is 1. The van der Waals surface area contributed by atoms with Gasteiger partial charge in [-0.1, -0.05) is 23.2 Å². The van der Waals surface area contributed by atoms with Gasteiger partial charge >= 0.3 is 12.1 Å². The Bertz CT molecular complexity index is 506. The van der Waals surface area contributed by atoms with E-state index >= 15 is 0 Å². The first-order valence-electron chi connectivity index (χ1n) is 4.26. The molecule has 0 atom stereocenters. The molecule has 9 heteroatoms. The zero-order valence-electron chi connectivity index (χ0n) is 8.42. The van der Waals surface area contributed by atoms with Crippen LogP contribution in [-0.4, -0.2) is 16.8 Å². The summed E-state index contributed by atoms with van der Waals surface area (Å²) in [5, 5.41) is 10.7. The van der Waals surface area contributed by atoms with Crippen LogP contribution in [0.5, 0.6) is 0 Å². The molecule has 1 aromatic carbocycles. The molecule has 4 nitrogen and oxygen atoms in total. The third-order valence-electron chi connectivity index (χ3n) is 1.94. The molecule has 3 N–H and O–H groups in total. The second-order valence-electron chi connectivity index (χ2n) is 3.10. The van der Waals surface area contributed by atoms with Crippen molar-refractivity contribution >= 4 is 34.9 Å². The summed E-state index contributed by atoms with van der Waals surface area (Å²) in [7, 11) is 0. The van der Waals surface area contributed by atoms with Crippen LogP contribution in [-0.2, 0) is 11.0 Å². The number of alkyl halides is 3. The second-order valence-corrected chi connectivity index (χ2v) is 3.91. The number of halogens is 5. The highest BCUT2D eigenvalue weighted by atomic mass is 35.5. The summed E-state index contributed by atoms with van der Waals surface area (Å²) in [4.78, 5) is 10.8. The van der Waals surface area contributed by atoms with Crippen molar-refractivity contribution in [1.82, 2.24) is 0 Å². The molecule has 0 aliphatic rings. The minimum atomic E-state index is -4.64. The van der Waals surface area contributed by atoms with Crippen LogP contribution in [0.25, 0.3) is 0 Å². The van der Waals surface area contributed by atoms with Gasteiger partial charge in [0.25, 0.3) is 0 Å². The third-order valence-corrected chi connectivity index (χ3v) is 2.53. The van der Waals surface area contributed by atoms with Crippen LogP contribution < -0.4 is 5.84 Å². The van der Waals surface area contributed by atoms with Gasteiger partial charge in [-0.2, -0.15) is 18.3 Å². The fraction of sp³-hybridized carbons (Fsp3) is 0.111. The summed E-state index contributed by atoms with van der Waals surface area (Å²) in [6.45, 7) is 0. The number of rotatable bonds is 2. The lowest BCUT2D eigenvalue weighted by molar-refractivity contribution is -0.137. The van der Waals surface area contributed by atoms with Crippen LogP contribution >= 0.6 is 23.2 Å². The quantitative estimate of drug-likeness (QED) is 0.501. The molecule has 0 radical (unpaired) electrons. The van der Waals surface area contributed by atoms with Crippen molar-refractivity contribution in [2.45, 2.75) is 6.18 Å². The Kier molecular flexibility index (Phi) is 4.08. The molecule has 0 saturated heterocycles. The van der Waals surface area contributed by atoms with Crippen molar-refractivity contribution in [3.05, 3.63) is 33.3 Å². The van der Waals surface area contributed by atoms with Gasteiger partial charge in [0.05, 0.1) is 15.6 Å². The van der Waals surface area contributed by atoms with E-state index in [9.17, 15) is 18.0 Å². The predicted molar refractivity (Wildman–Crippen MR) is 59.8 cm³/mol. The highest BCUT2D eigenvalue weighted by Crippen LogP contribution is 2.36. The number of carboxylic acids is 1. The summed E-state index contributed by atoms with van der Waals surface area (Å²) in [6, 6.07) is 1.10. The number of nitrogens with zero attached hydrogens (tertiary/aromatic N) is 1. The van der Waals surface area contributed by atoms with Crippen LogP contribution in [0.15, 0.2) is 17.2 Å². The van der Waals surface area contributed by atoms with E-state index in [0.29, 0.717) is 12.1 Å². The van der Waals surface area contributed by atoms with Crippen LogP contribution in [0.1, 0.15) is 11.1 Å². The van der Waals surface area contributed by atoms with Crippen LogP contribution in [0.4, 0.5) is 13.2 Å². The summed E-state index contributed by atoms with van der Waals surface area (Å²) < 4.78 is 37.3. The molecular formula is C9H5Cl2F3N2O2. The average molecular weight is 301 g/mol. The van der Waals surface area contributed by atoms with Crippen LogP contribution in [0.2, 0.25) is 10.0 Å². The minimum absolute atomic E-state index is 0.360. The smallest absolute Gasteiger partial charge is 0.416 e. The molecule has 1 aromatic rings. The molecule has 0 heterocycles. The standard InChI is InChI=1S/C9H5Cl2F3N2O2/c10-4-1-3(9(12,13)14)2-5(11)6(4)7(16-15)8(17)18/h1-2H,15H2,(H,17,18). The Hall–Kier alpha value is -1.47. The molecule has 0 amide bonds. The number of carbonyl (C=O) groups is 1. The first kappa shape index (κ1) is 14.6. The second kappa shape index (κ2) is 5.03. The van der Waals surface area contributed by atoms with Gasteiger partial charge in [0, 0.05) is 5.56 Å². The molecule has 0 fully saturated rings. The van der Waals surface area contributed by atoms with Gasteiger partial charge in [-0.3, -0.25) is 0 Å². The van der Waals surface area contributed by atoms with E-state index < -0.39 is 33.5 Å². The molecule has 0 aromatic heterocycles. The summed E-state index contributed by atoms with van der Waals surface area (Å²) in [6.07, 6.45) is -4.64. The van der Waals surface area contributed by atoms with Crippen molar-refractivity contribution in [3.63, 3.8) is 0 Å². The number of hydrogen-bond acceptors (Lipinski definition) is 3. The van der Waals surface area contributed by atoms with Gasteiger partial charge in [0.15, 0.2) is 5.71 Å². The van der Waals surface area contributed by atoms with Crippen molar-refractivity contribution < 1.29 is 23.1 Å². The Morgan fingerprint density at radius 1 is 1.28 bits per heavy atom. The first-order valence-corrected chi connectivity index (χ1v) is 5.02. The molecule has 0 unspecified atom stereocenters. The lowest BCUT2D eigenvalue weighted by Crippen LogP contribution is -2.18. The number of carboxylic acid groups (broad SMARTS) is 1. The maximum absolute atomic E-state index is 12.4. The summed E-state index contributed by atoms with van der Waals surface area (Å²) in [5.74, 6) is 3.28. The van der Waals surface area contributed by atoms with E-state index in [1.165, 1.54) is 0 Å². The maximum Gasteiger partial charge on any atom is 0.416 e. The van der Waals surface area contributed by atoms with E-state index in [2.05, 4.69) is 5.10 Å². The third kappa shape index (κ3) is 2.85. The normalized spacial score (nSPS) is 12.6. The Balaban J connectivity index is 3.47. The molecule has 1 rings (SSSR count). The highest BCUT2D eigenvalue weighted by Gasteiger charge is 2.33. The Morgan fingerprint density at radius 2 is 1.72 bits per heavy atom. The van der Waals surface area contributed by atoms with Gasteiger partial charge in [-0.25, -0.2) is 4.79 Å². The molecule has 98 valence electrons. The highest BCUT2D eigenvalue weighted by molar-refractivity contribution is 6.50. The van der Waals surface area contributed by atoms with Crippen molar-refractivity contribution in [1.29, 1.82) is 0 Å². The minimum Gasteiger partial charge on any atom is -0.476 e. The number of hydrogen-bond donors (Lipinski definition) is 2. The van der Waals surface area contributed by atoms with Crippen molar-refractivity contribution in [2.75, 3.05) is 0 Å². The summed E-state index contributed by atoms with van der Waals surface area (Å²) >= 11 is 11.1. The van der Waals surface area contributed by atoms with Gasteiger partial charge < -0.3 is 10.9 Å². The first-order chi connectivity index (χ1) is 8.18. The van der Waals surface area contributed by atoms with Crippen molar-refractivity contribution in [3.8, 4) is 0 Å². The van der Waals surface area contributed by atoms with Crippen LogP contribution in [0.3, 0.4) is 0 Å². The predicted octanol–water partition coefficient (Wildman–Crippen LogP) is 2.76. The molecule has 18 heavy (non-hydrogen) atoms. The molecule has 0 aliphatic carbocycles. The Morgan fingerprint density at radius 3 is 2.00 bits per heavy atom. The van der Waals surface area contributed by atoms with E-state index in [1.54, 1.807) is 0 Å². The monoisotopic (exact) mass is 300 g/mol. The molecule has 0 spiro atoms. The lowest BCUT2D eigenvalue weighted by Gasteiger charge is -2.11. The summed E-state index contributed by atoms with van der Waals surface area (Å²) in [5.41, 5.74) is -2.18. The number of aliphatic carboxylic acids is 1. The van der Waals surface area contributed by atoms with Crippen LogP contribution in [0, 0.1) is 0 Å². The van der Waals surface area contributed by atoms with E-state index in [4.69, 9.17) is 34.2 Å². The lowest BCUT2D eigenvalue weighted by atomic mass is 10.1. The Labute approximate surface area is 109 Å². The zero-order chi connectivity index (χ0) is 14.1. The van der Waals surface area contributed by atoms with E-state index in [-0.39, 0.29) is 5.56 Å².